The SMILES string of the molecule is CCCCCCc1cccc(C2=C(CCCC)C(CCCCC)=C(c3cccc(CCCC)c3)[N+]2=[N-])c1.CCCC[O][Ni][O]CCCC. The Morgan fingerprint density at radius 3 is 1.42 bits per heavy atom. The third-order valence-corrected chi connectivity index (χ3v) is 9.54. The molecule has 0 radical (unpaired) electrons. The first-order chi connectivity index (χ1) is 23.6. The molecule has 48 heavy (non-hydrogen) atoms. The Kier molecular flexibility index (Phi) is 23.5. The molecule has 3 rings (SSSR count). The van der Waals surface area contributed by atoms with Crippen molar-refractivity contribution in [1.82, 2.24) is 0 Å². The maximum absolute atomic E-state index is 11.9. The van der Waals surface area contributed by atoms with E-state index in [0.717, 1.165) is 102 Å². The van der Waals surface area contributed by atoms with Gasteiger partial charge in [0.1, 0.15) is 0 Å². The standard InChI is InChI=1S/C35H50N2.2C4H9O.Ni/c1-5-9-13-15-19-29-21-17-23-31(27-29)34-32(24-12-8-4)33(25-14-10-6-2)35(37(34)36)30-22-16-20-28(26-30)18-11-7-3;2*1-2-3-4-5;/h16-17,20-23,26-27H,5-15,18-19,24-25H2,1-4H3;2*2-4H2,1H3;/q;2*-1;+2. The van der Waals surface area contributed by atoms with Crippen molar-refractivity contribution >= 4 is 11.4 Å². The Balaban J connectivity index is 0.000000623. The summed E-state index contributed by atoms with van der Waals surface area (Å²) in [6.07, 6.45) is 22.2. The first kappa shape index (κ1) is 42.1. The summed E-state index contributed by atoms with van der Waals surface area (Å²) in [6.45, 7) is 15.0. The Morgan fingerprint density at radius 1 is 0.500 bits per heavy atom. The van der Waals surface area contributed by atoms with Gasteiger partial charge < -0.3 is 5.53 Å². The van der Waals surface area contributed by atoms with Crippen molar-refractivity contribution in [3.8, 4) is 0 Å². The first-order valence-electron chi connectivity index (χ1n) is 19.5. The number of unbranched alkanes of at least 4 members (excludes halogenated alkanes) is 9. The fraction of sp³-hybridized carbons (Fsp3) is 0.628. The van der Waals surface area contributed by atoms with Gasteiger partial charge in [-0.2, -0.15) is 0 Å². The van der Waals surface area contributed by atoms with Crippen LogP contribution in [-0.2, 0) is 35.7 Å². The van der Waals surface area contributed by atoms with Crippen molar-refractivity contribution in [1.29, 1.82) is 0 Å². The Bertz CT molecular complexity index is 1230. The minimum absolute atomic E-state index is 0.808. The molecule has 2 aromatic rings. The molecule has 1 aliphatic rings. The van der Waals surface area contributed by atoms with Gasteiger partial charge in [0.05, 0.1) is 0 Å². The summed E-state index contributed by atoms with van der Waals surface area (Å²) in [5.41, 5.74) is 21.7. The van der Waals surface area contributed by atoms with E-state index < -0.39 is 0 Å². The zero-order valence-corrected chi connectivity index (χ0v) is 32.5. The van der Waals surface area contributed by atoms with Crippen LogP contribution in [0, 0.1) is 0 Å². The normalized spacial score (nSPS) is 13.1. The third-order valence-electron chi connectivity index (χ3n) is 8.91. The van der Waals surface area contributed by atoms with E-state index in [-0.39, 0.29) is 0 Å². The molecule has 0 atom stereocenters. The predicted molar refractivity (Wildman–Crippen MR) is 202 cm³/mol. The molecule has 0 amide bonds. The van der Waals surface area contributed by atoms with Crippen molar-refractivity contribution in [3.05, 3.63) is 87.5 Å². The molecule has 0 bridgehead atoms. The van der Waals surface area contributed by atoms with Crippen LogP contribution < -0.4 is 0 Å². The van der Waals surface area contributed by atoms with E-state index >= 15 is 0 Å². The van der Waals surface area contributed by atoms with Crippen LogP contribution in [0.5, 0.6) is 0 Å². The van der Waals surface area contributed by atoms with Crippen LogP contribution in [0.3, 0.4) is 0 Å². The van der Waals surface area contributed by atoms with Crippen LogP contribution in [0.15, 0.2) is 59.7 Å². The Hall–Kier alpha value is -2.07. The summed E-state index contributed by atoms with van der Waals surface area (Å²) in [5, 5.41) is 0. The van der Waals surface area contributed by atoms with E-state index in [1.807, 2.05) is 0 Å². The van der Waals surface area contributed by atoms with Crippen LogP contribution in [0.2, 0.25) is 0 Å². The topological polar surface area (TPSA) is 43.8 Å². The van der Waals surface area contributed by atoms with Crippen molar-refractivity contribution in [2.24, 2.45) is 0 Å². The van der Waals surface area contributed by atoms with Gasteiger partial charge in [-0.15, -0.1) is 0 Å². The summed E-state index contributed by atoms with van der Waals surface area (Å²) in [6, 6.07) is 17.9. The summed E-state index contributed by atoms with van der Waals surface area (Å²) >= 11 is 0.968. The zero-order chi connectivity index (χ0) is 34.8. The van der Waals surface area contributed by atoms with Crippen LogP contribution in [0.4, 0.5) is 0 Å². The average molecular weight is 704 g/mol. The van der Waals surface area contributed by atoms with Crippen LogP contribution in [0.25, 0.3) is 16.9 Å². The summed E-state index contributed by atoms with van der Waals surface area (Å²) in [4.78, 5) is 0. The van der Waals surface area contributed by atoms with Gasteiger partial charge in [0.2, 0.25) is 11.4 Å². The molecule has 0 aliphatic carbocycles. The van der Waals surface area contributed by atoms with Crippen molar-refractivity contribution in [2.45, 2.75) is 164 Å². The summed E-state index contributed by atoms with van der Waals surface area (Å²) in [5.74, 6) is 0. The number of allylic oxidation sites excluding steroid dienone is 2. The molecular formula is C43H68N2NiO2. The molecule has 1 aliphatic heterocycles. The van der Waals surface area contributed by atoms with Gasteiger partial charge in [-0.05, 0) is 86.8 Å². The Morgan fingerprint density at radius 2 is 0.917 bits per heavy atom. The van der Waals surface area contributed by atoms with Gasteiger partial charge in [-0.25, -0.2) is 4.70 Å². The van der Waals surface area contributed by atoms with E-state index in [4.69, 9.17) is 7.76 Å². The van der Waals surface area contributed by atoms with Gasteiger partial charge >= 0.3 is 75.6 Å². The molecule has 272 valence electrons. The summed E-state index contributed by atoms with van der Waals surface area (Å²) < 4.78 is 11.8. The second-order valence-electron chi connectivity index (χ2n) is 13.2. The Labute approximate surface area is 302 Å². The van der Waals surface area contributed by atoms with Crippen LogP contribution >= 0.6 is 0 Å². The fourth-order valence-corrected chi connectivity index (χ4v) is 6.57. The maximum atomic E-state index is 11.9. The van der Waals surface area contributed by atoms with Crippen molar-refractivity contribution in [3.63, 3.8) is 0 Å². The van der Waals surface area contributed by atoms with E-state index in [1.165, 1.54) is 92.9 Å². The van der Waals surface area contributed by atoms with E-state index in [1.54, 1.807) is 4.70 Å². The molecule has 5 heteroatoms. The molecule has 0 saturated heterocycles. The van der Waals surface area contributed by atoms with Crippen molar-refractivity contribution < 1.29 is 27.5 Å². The molecule has 0 fully saturated rings. The molecule has 2 aromatic carbocycles. The van der Waals surface area contributed by atoms with Crippen LogP contribution in [0.1, 0.15) is 173 Å². The second kappa shape index (κ2) is 26.8. The van der Waals surface area contributed by atoms with Gasteiger partial charge in [0.25, 0.3) is 0 Å². The number of nitrogens with zero attached hydrogens (tertiary/aromatic N) is 2. The molecule has 0 N–H and O–H groups in total. The van der Waals surface area contributed by atoms with Crippen LogP contribution in [-0.4, -0.2) is 17.9 Å². The fourth-order valence-electron chi connectivity index (χ4n) is 6.03. The molecule has 0 spiro atoms. The van der Waals surface area contributed by atoms with Gasteiger partial charge in [-0.1, -0.05) is 96.9 Å². The van der Waals surface area contributed by atoms with E-state index in [2.05, 4.69) is 90.1 Å². The monoisotopic (exact) mass is 702 g/mol. The predicted octanol–water partition coefficient (Wildman–Crippen LogP) is 13.6. The number of hydrogen-bond acceptors (Lipinski definition) is 2. The molecule has 1 heterocycles. The molecular weight excluding hydrogens is 635 g/mol. The molecule has 4 nitrogen and oxygen atoms in total. The number of benzene rings is 2. The van der Waals surface area contributed by atoms with E-state index in [9.17, 15) is 5.53 Å². The minimum atomic E-state index is 0.808. The molecule has 0 unspecified atom stereocenters. The first-order valence-corrected chi connectivity index (χ1v) is 20.3. The number of hydrogen-bond donors (Lipinski definition) is 0. The molecule has 0 aromatic heterocycles. The van der Waals surface area contributed by atoms with Gasteiger partial charge in [0.15, 0.2) is 0 Å². The van der Waals surface area contributed by atoms with Gasteiger partial charge in [-0.3, -0.25) is 0 Å². The summed E-state index contributed by atoms with van der Waals surface area (Å²) in [7, 11) is 0. The third kappa shape index (κ3) is 15.2. The molecule has 0 saturated carbocycles. The van der Waals surface area contributed by atoms with E-state index in [0.29, 0.717) is 0 Å². The average Bonchev–Trinajstić information content (AvgIpc) is 3.38. The second-order valence-corrected chi connectivity index (χ2v) is 13.9. The zero-order valence-electron chi connectivity index (χ0n) is 31.5. The van der Waals surface area contributed by atoms with Crippen molar-refractivity contribution in [2.75, 3.05) is 13.2 Å². The number of rotatable bonds is 25. The quantitative estimate of drug-likeness (QED) is 0.0587. The van der Waals surface area contributed by atoms with Gasteiger partial charge in [0, 0.05) is 22.3 Å². The number of aryl methyl sites for hydroxylation is 2.